The quantitative estimate of drug-likeness (QED) is 0.396. The van der Waals surface area contributed by atoms with E-state index in [1.165, 1.54) is 4.90 Å². The number of carbonyl (C=O) groups is 2. The number of nitrogens with zero attached hydrogens (tertiary/aromatic N) is 2. The number of nitrogens with one attached hydrogen (secondary N) is 1. The molecule has 1 fully saturated rings. The van der Waals surface area contributed by atoms with Crippen LogP contribution >= 0.6 is 11.6 Å². The molecule has 1 aliphatic heterocycles. The predicted octanol–water partition coefficient (Wildman–Crippen LogP) is 3.50. The maximum Gasteiger partial charge on any atom is 0.255 e. The lowest BCUT2D eigenvalue weighted by atomic mass is 10.0. The first-order valence-corrected chi connectivity index (χ1v) is 12.6. The molecule has 3 aromatic rings. The third kappa shape index (κ3) is 6.28. The van der Waals surface area contributed by atoms with E-state index in [4.69, 9.17) is 16.3 Å². The Morgan fingerprint density at radius 2 is 1.95 bits per heavy atom. The van der Waals surface area contributed by atoms with Gasteiger partial charge in [-0.15, -0.1) is 0 Å². The van der Waals surface area contributed by atoms with Gasteiger partial charge < -0.3 is 25.2 Å². The Bertz CT molecular complexity index is 1240. The second-order valence-electron chi connectivity index (χ2n) is 8.82. The summed E-state index contributed by atoms with van der Waals surface area (Å²) in [4.78, 5) is 31.4. The maximum absolute atomic E-state index is 13.0. The van der Waals surface area contributed by atoms with Crippen molar-refractivity contribution in [2.75, 3.05) is 13.2 Å². The number of ether oxygens (including phenoxy) is 1. The molecule has 194 valence electrons. The zero-order valence-corrected chi connectivity index (χ0v) is 21.3. The Labute approximate surface area is 220 Å². The number of halogens is 1. The normalized spacial score (nSPS) is 16.8. The van der Waals surface area contributed by atoms with Gasteiger partial charge in [-0.1, -0.05) is 48.0 Å². The molecule has 2 aromatic carbocycles. The summed E-state index contributed by atoms with van der Waals surface area (Å²) in [7, 11) is 0. The molecule has 0 spiro atoms. The lowest BCUT2D eigenvalue weighted by Gasteiger charge is -2.28. The van der Waals surface area contributed by atoms with Crippen molar-refractivity contribution < 1.29 is 24.5 Å². The zero-order chi connectivity index (χ0) is 26.4. The fourth-order valence-corrected chi connectivity index (χ4v) is 4.70. The number of benzene rings is 2. The molecular formula is C28H30ClN3O5. The summed E-state index contributed by atoms with van der Waals surface area (Å²) in [6.45, 7) is 2.91. The fraction of sp³-hybridized carbons (Fsp3) is 0.321. The first-order chi connectivity index (χ1) is 17.9. The van der Waals surface area contributed by atoms with Crippen LogP contribution in [0.15, 0.2) is 66.9 Å². The van der Waals surface area contributed by atoms with Crippen LogP contribution in [0.4, 0.5) is 0 Å². The van der Waals surface area contributed by atoms with E-state index in [2.05, 4.69) is 10.3 Å². The third-order valence-corrected chi connectivity index (χ3v) is 6.59. The molecule has 2 heterocycles. The van der Waals surface area contributed by atoms with E-state index < -0.39 is 24.0 Å². The van der Waals surface area contributed by atoms with Gasteiger partial charge in [0, 0.05) is 28.9 Å². The summed E-state index contributed by atoms with van der Waals surface area (Å²) in [6.07, 6.45) is -0.667. The van der Waals surface area contributed by atoms with Crippen LogP contribution in [0, 0.1) is 0 Å². The summed E-state index contributed by atoms with van der Waals surface area (Å²) < 4.78 is 5.67. The summed E-state index contributed by atoms with van der Waals surface area (Å²) in [6, 6.07) is 18.2. The summed E-state index contributed by atoms with van der Waals surface area (Å²) in [5.41, 5.74) is 3.17. The molecule has 3 atom stereocenters. The number of hydrogen-bond donors (Lipinski definition) is 3. The molecule has 0 radical (unpaired) electrons. The number of amides is 2. The van der Waals surface area contributed by atoms with Gasteiger partial charge in [-0.2, -0.15) is 0 Å². The van der Waals surface area contributed by atoms with Crippen molar-refractivity contribution in [2.45, 2.75) is 44.6 Å². The molecule has 37 heavy (non-hydrogen) atoms. The van der Waals surface area contributed by atoms with E-state index in [1.54, 1.807) is 30.5 Å². The molecule has 4 rings (SSSR count). The fourth-order valence-electron chi connectivity index (χ4n) is 4.50. The Balaban J connectivity index is 1.35. The van der Waals surface area contributed by atoms with Crippen LogP contribution in [-0.2, 0) is 16.1 Å². The lowest BCUT2D eigenvalue weighted by Crippen LogP contribution is -2.50. The van der Waals surface area contributed by atoms with Crippen LogP contribution in [-0.4, -0.2) is 57.3 Å². The number of pyridine rings is 1. The largest absolute Gasteiger partial charge is 0.493 e. The highest BCUT2D eigenvalue weighted by Gasteiger charge is 2.38. The zero-order valence-electron chi connectivity index (χ0n) is 20.5. The molecule has 1 aliphatic rings. The standard InChI is InChI=1S/C28H30ClN3O5/c1-2-37-24-11-4-3-9-22(24)19-12-13-21(30-16-19)17-31-27(35)25(33)26(34)28(36)32-14-6-10-23(32)18-7-5-8-20(29)15-18/h3-5,7-9,11-13,15-16,23,25-26,33-34H,2,6,10,14,17H2,1H3,(H,31,35)/t23-,25-,26-/m1/s1. The van der Waals surface area contributed by atoms with Gasteiger partial charge in [-0.25, -0.2) is 0 Å². The van der Waals surface area contributed by atoms with Gasteiger partial charge in [0.2, 0.25) is 0 Å². The minimum absolute atomic E-state index is 0.0268. The average molecular weight is 524 g/mol. The van der Waals surface area contributed by atoms with Crippen LogP contribution < -0.4 is 10.1 Å². The third-order valence-electron chi connectivity index (χ3n) is 6.36. The molecule has 0 aliphatic carbocycles. The topological polar surface area (TPSA) is 112 Å². The summed E-state index contributed by atoms with van der Waals surface area (Å²) in [5.74, 6) is -0.794. The maximum atomic E-state index is 13.0. The van der Waals surface area contributed by atoms with E-state index in [-0.39, 0.29) is 12.6 Å². The molecule has 2 amide bonds. The second-order valence-corrected chi connectivity index (χ2v) is 9.26. The number of rotatable bonds is 9. The van der Waals surface area contributed by atoms with Crippen molar-refractivity contribution in [3.63, 3.8) is 0 Å². The van der Waals surface area contributed by atoms with Gasteiger partial charge in [-0.05, 0) is 49.6 Å². The van der Waals surface area contributed by atoms with Gasteiger partial charge in [0.25, 0.3) is 11.8 Å². The van der Waals surface area contributed by atoms with E-state index in [9.17, 15) is 19.8 Å². The van der Waals surface area contributed by atoms with E-state index in [0.717, 1.165) is 28.9 Å². The molecule has 0 saturated carbocycles. The van der Waals surface area contributed by atoms with Crippen molar-refractivity contribution in [3.8, 4) is 16.9 Å². The Hall–Kier alpha value is -3.46. The van der Waals surface area contributed by atoms with Gasteiger partial charge in [-0.3, -0.25) is 14.6 Å². The highest BCUT2D eigenvalue weighted by molar-refractivity contribution is 6.30. The van der Waals surface area contributed by atoms with Gasteiger partial charge in [0.1, 0.15) is 5.75 Å². The van der Waals surface area contributed by atoms with E-state index in [1.807, 2.05) is 43.3 Å². The predicted molar refractivity (Wildman–Crippen MR) is 140 cm³/mol. The number of aliphatic hydroxyl groups excluding tert-OH is 2. The van der Waals surface area contributed by atoms with Crippen molar-refractivity contribution in [2.24, 2.45) is 0 Å². The SMILES string of the molecule is CCOc1ccccc1-c1ccc(CNC(=O)[C@H](O)[C@@H](O)C(=O)N2CCC[C@@H]2c2cccc(Cl)c2)nc1. The Kier molecular flexibility index (Phi) is 8.76. The number of aliphatic hydroxyl groups is 2. The first kappa shape index (κ1) is 26.6. The van der Waals surface area contributed by atoms with Crippen molar-refractivity contribution >= 4 is 23.4 Å². The molecule has 9 heteroatoms. The average Bonchev–Trinajstić information content (AvgIpc) is 3.41. The van der Waals surface area contributed by atoms with E-state index >= 15 is 0 Å². The van der Waals surface area contributed by atoms with Gasteiger partial charge >= 0.3 is 0 Å². The van der Waals surface area contributed by atoms with E-state index in [0.29, 0.717) is 30.3 Å². The van der Waals surface area contributed by atoms with Crippen molar-refractivity contribution in [1.82, 2.24) is 15.2 Å². The highest BCUT2D eigenvalue weighted by atomic mass is 35.5. The second kappa shape index (κ2) is 12.2. The number of para-hydroxylation sites is 1. The monoisotopic (exact) mass is 523 g/mol. The number of hydrogen-bond acceptors (Lipinski definition) is 6. The molecular weight excluding hydrogens is 494 g/mol. The molecule has 8 nitrogen and oxygen atoms in total. The Morgan fingerprint density at radius 3 is 2.68 bits per heavy atom. The lowest BCUT2D eigenvalue weighted by molar-refractivity contribution is -0.153. The number of aromatic nitrogens is 1. The van der Waals surface area contributed by atoms with Crippen LogP contribution in [0.25, 0.3) is 11.1 Å². The van der Waals surface area contributed by atoms with Gasteiger partial charge in [0.15, 0.2) is 12.2 Å². The van der Waals surface area contributed by atoms with Crippen LogP contribution in [0.5, 0.6) is 5.75 Å². The van der Waals surface area contributed by atoms with Crippen molar-refractivity contribution in [1.29, 1.82) is 0 Å². The molecule has 1 aromatic heterocycles. The first-order valence-electron chi connectivity index (χ1n) is 12.3. The van der Waals surface area contributed by atoms with Crippen LogP contribution in [0.3, 0.4) is 0 Å². The van der Waals surface area contributed by atoms with Crippen molar-refractivity contribution in [3.05, 3.63) is 83.1 Å². The highest BCUT2D eigenvalue weighted by Crippen LogP contribution is 2.34. The smallest absolute Gasteiger partial charge is 0.255 e. The minimum atomic E-state index is -1.91. The summed E-state index contributed by atoms with van der Waals surface area (Å²) >= 11 is 6.09. The molecule has 3 N–H and O–H groups in total. The molecule has 1 saturated heterocycles. The van der Waals surface area contributed by atoms with Crippen LogP contribution in [0.2, 0.25) is 5.02 Å². The summed E-state index contributed by atoms with van der Waals surface area (Å²) in [5, 5.41) is 24.0. The Morgan fingerprint density at radius 1 is 1.14 bits per heavy atom. The minimum Gasteiger partial charge on any atom is -0.493 e. The molecule has 0 bridgehead atoms. The van der Waals surface area contributed by atoms with Gasteiger partial charge in [0.05, 0.1) is 24.9 Å². The number of likely N-dealkylation sites (tertiary alicyclic amines) is 1. The molecule has 0 unspecified atom stereocenters. The van der Waals surface area contributed by atoms with Crippen LogP contribution in [0.1, 0.15) is 37.1 Å². The number of carbonyl (C=O) groups excluding carboxylic acids is 2.